The number of hydrogen-bond acceptors (Lipinski definition) is 3. The van der Waals surface area contributed by atoms with Crippen molar-refractivity contribution < 1.29 is 4.79 Å². The Morgan fingerprint density at radius 3 is 2.66 bits per heavy atom. The van der Waals surface area contributed by atoms with Gasteiger partial charge in [0.05, 0.1) is 0 Å². The van der Waals surface area contributed by atoms with Crippen molar-refractivity contribution in [1.29, 1.82) is 0 Å². The minimum Gasteiger partial charge on any atom is -0.324 e. The molecule has 2 aromatic heterocycles. The molecule has 1 saturated carbocycles. The molecule has 2 heterocycles. The first kappa shape index (κ1) is 20.1. The Hall–Kier alpha value is -2.19. The van der Waals surface area contributed by atoms with Crippen molar-refractivity contribution in [3.63, 3.8) is 0 Å². The van der Waals surface area contributed by atoms with Crippen LogP contribution in [0.2, 0.25) is 0 Å². The van der Waals surface area contributed by atoms with Crippen molar-refractivity contribution in [2.24, 2.45) is 0 Å². The fraction of sp³-hybridized carbons (Fsp3) is 0.381. The van der Waals surface area contributed by atoms with Gasteiger partial charge in [-0.05, 0) is 67.9 Å². The summed E-state index contributed by atoms with van der Waals surface area (Å²) in [5, 5.41) is 7.77. The fourth-order valence-electron chi connectivity index (χ4n) is 3.90. The maximum absolute atomic E-state index is 12.7. The van der Waals surface area contributed by atoms with Crippen LogP contribution in [-0.2, 0) is 11.3 Å². The molecule has 0 radical (unpaired) electrons. The maximum Gasteiger partial charge on any atom is 0.246 e. The average molecular weight is 474 g/mol. The van der Waals surface area contributed by atoms with Gasteiger partial charge in [0.1, 0.15) is 6.54 Å². The molecule has 0 unspecified atom stereocenters. The Bertz CT molecular complexity index is 1060. The Balaban J connectivity index is 1.62. The summed E-state index contributed by atoms with van der Waals surface area (Å²) in [6, 6.07) is 9.71. The van der Waals surface area contributed by atoms with Crippen molar-refractivity contribution in [1.82, 2.24) is 19.1 Å². The van der Waals surface area contributed by atoms with Crippen LogP contribution in [0.4, 0.5) is 5.69 Å². The first-order valence-electron chi connectivity index (χ1n) is 9.92. The summed E-state index contributed by atoms with van der Waals surface area (Å²) < 4.78 is 7.07. The summed E-state index contributed by atoms with van der Waals surface area (Å²) in [6.07, 6.45) is 9.82. The van der Waals surface area contributed by atoms with E-state index in [1.54, 1.807) is 4.68 Å². The number of nitrogens with one attached hydrogen (secondary N) is 1. The molecule has 1 N–H and O–H groups in total. The lowest BCUT2D eigenvalue weighted by Gasteiger charge is -2.21. The third-order valence-corrected chi connectivity index (χ3v) is 6.26. The van der Waals surface area contributed by atoms with E-state index in [9.17, 15) is 4.79 Å². The molecule has 1 aromatic carbocycles. The summed E-state index contributed by atoms with van der Waals surface area (Å²) in [4.78, 5) is 12.7. The number of aryl methyl sites for hydroxylation is 1. The molecule has 1 fully saturated rings. The SMILES string of the molecule is Cc1cc(Br)ccc1NC(=O)Cn1nc(C2CCCCC2)n(-n2cccc2)c1=S. The second-order valence-corrected chi connectivity index (χ2v) is 8.80. The number of aromatic nitrogens is 4. The van der Waals surface area contributed by atoms with E-state index in [1.807, 2.05) is 59.0 Å². The van der Waals surface area contributed by atoms with Crippen LogP contribution in [-0.4, -0.2) is 25.0 Å². The van der Waals surface area contributed by atoms with Gasteiger partial charge in [-0.25, -0.2) is 9.36 Å². The van der Waals surface area contributed by atoms with Crippen molar-refractivity contribution in [2.45, 2.75) is 51.5 Å². The third-order valence-electron chi connectivity index (χ3n) is 5.39. The van der Waals surface area contributed by atoms with Crippen LogP contribution in [0.3, 0.4) is 0 Å². The summed E-state index contributed by atoms with van der Waals surface area (Å²) in [6.45, 7) is 2.05. The fourth-order valence-corrected chi connectivity index (χ4v) is 4.67. The normalized spacial score (nSPS) is 14.8. The van der Waals surface area contributed by atoms with Gasteiger partial charge < -0.3 is 5.32 Å². The first-order chi connectivity index (χ1) is 14.0. The van der Waals surface area contributed by atoms with Gasteiger partial charge in [0.2, 0.25) is 10.7 Å². The molecule has 0 saturated heterocycles. The summed E-state index contributed by atoms with van der Waals surface area (Å²) in [5.41, 5.74) is 1.79. The van der Waals surface area contributed by atoms with E-state index >= 15 is 0 Å². The number of anilines is 1. The van der Waals surface area contributed by atoms with Crippen LogP contribution >= 0.6 is 28.1 Å². The topological polar surface area (TPSA) is 56.8 Å². The highest BCUT2D eigenvalue weighted by Gasteiger charge is 2.24. The molecule has 3 aromatic rings. The van der Waals surface area contributed by atoms with E-state index in [2.05, 4.69) is 21.2 Å². The van der Waals surface area contributed by atoms with Gasteiger partial charge in [-0.2, -0.15) is 5.10 Å². The van der Waals surface area contributed by atoms with Crippen LogP contribution in [0.1, 0.15) is 49.4 Å². The number of nitrogens with zero attached hydrogens (tertiary/aromatic N) is 4. The number of carbonyl (C=O) groups is 1. The Kier molecular flexibility index (Phi) is 6.01. The molecular formula is C21H24BrN5OS. The smallest absolute Gasteiger partial charge is 0.246 e. The lowest BCUT2D eigenvalue weighted by atomic mass is 9.89. The largest absolute Gasteiger partial charge is 0.324 e. The molecule has 0 atom stereocenters. The molecule has 8 heteroatoms. The van der Waals surface area contributed by atoms with Gasteiger partial charge in [0.25, 0.3) is 0 Å². The summed E-state index contributed by atoms with van der Waals surface area (Å²) in [7, 11) is 0. The number of amides is 1. The molecule has 0 bridgehead atoms. The van der Waals surface area contributed by atoms with E-state index in [0.717, 1.165) is 34.4 Å². The molecule has 6 nitrogen and oxygen atoms in total. The zero-order valence-corrected chi connectivity index (χ0v) is 18.7. The highest BCUT2D eigenvalue weighted by Crippen LogP contribution is 2.32. The van der Waals surface area contributed by atoms with E-state index in [1.165, 1.54) is 19.3 Å². The predicted octanol–water partition coefficient (Wildman–Crippen LogP) is 5.28. The molecule has 1 aliphatic rings. The van der Waals surface area contributed by atoms with Gasteiger partial charge >= 0.3 is 0 Å². The predicted molar refractivity (Wildman–Crippen MR) is 120 cm³/mol. The van der Waals surface area contributed by atoms with Gasteiger partial charge in [-0.15, -0.1) is 0 Å². The van der Waals surface area contributed by atoms with Crippen LogP contribution in [0.15, 0.2) is 47.2 Å². The van der Waals surface area contributed by atoms with Crippen LogP contribution in [0.25, 0.3) is 0 Å². The molecule has 29 heavy (non-hydrogen) atoms. The van der Waals surface area contributed by atoms with E-state index in [0.29, 0.717) is 10.7 Å². The maximum atomic E-state index is 12.7. The average Bonchev–Trinajstić information content (AvgIpc) is 3.33. The Morgan fingerprint density at radius 2 is 1.97 bits per heavy atom. The minimum atomic E-state index is -0.140. The zero-order valence-electron chi connectivity index (χ0n) is 16.3. The molecule has 1 aliphatic carbocycles. The standard InChI is InChI=1S/C21H24BrN5OS/c1-15-13-17(22)9-10-18(15)23-19(28)14-26-21(29)27(25-11-5-6-12-25)20(24-26)16-7-3-2-4-8-16/h5-6,9-13,16H,2-4,7-8,14H2,1H3,(H,23,28). The Labute approximate surface area is 183 Å². The second-order valence-electron chi connectivity index (χ2n) is 7.52. The van der Waals surface area contributed by atoms with Gasteiger partial charge in [-0.3, -0.25) is 9.47 Å². The molecule has 0 aliphatic heterocycles. The van der Waals surface area contributed by atoms with Crippen LogP contribution in [0.5, 0.6) is 0 Å². The zero-order chi connectivity index (χ0) is 20.4. The van der Waals surface area contributed by atoms with Crippen molar-refractivity contribution >= 4 is 39.7 Å². The van der Waals surface area contributed by atoms with Crippen molar-refractivity contribution in [2.75, 3.05) is 5.32 Å². The molecule has 0 spiro atoms. The first-order valence-corrected chi connectivity index (χ1v) is 11.1. The Morgan fingerprint density at radius 1 is 1.24 bits per heavy atom. The minimum absolute atomic E-state index is 0.0856. The van der Waals surface area contributed by atoms with E-state index in [4.69, 9.17) is 17.3 Å². The lowest BCUT2D eigenvalue weighted by Crippen LogP contribution is -2.20. The second kappa shape index (κ2) is 8.67. The number of carbonyl (C=O) groups excluding carboxylic acids is 1. The number of benzene rings is 1. The van der Waals surface area contributed by atoms with Gasteiger partial charge in [-0.1, -0.05) is 35.2 Å². The lowest BCUT2D eigenvalue weighted by molar-refractivity contribution is -0.116. The van der Waals surface area contributed by atoms with Crippen molar-refractivity contribution in [3.8, 4) is 0 Å². The molecule has 152 valence electrons. The monoisotopic (exact) mass is 473 g/mol. The molecule has 4 rings (SSSR count). The number of hydrogen-bond donors (Lipinski definition) is 1. The van der Waals surface area contributed by atoms with Gasteiger partial charge in [0, 0.05) is 28.5 Å². The molecular weight excluding hydrogens is 450 g/mol. The third kappa shape index (κ3) is 4.38. The number of rotatable bonds is 5. The van der Waals surface area contributed by atoms with Crippen LogP contribution in [0, 0.1) is 11.7 Å². The number of halogens is 1. The van der Waals surface area contributed by atoms with Crippen molar-refractivity contribution in [3.05, 3.63) is 63.4 Å². The van der Waals surface area contributed by atoms with E-state index < -0.39 is 0 Å². The molecule has 1 amide bonds. The van der Waals surface area contributed by atoms with Gasteiger partial charge in [0.15, 0.2) is 5.82 Å². The van der Waals surface area contributed by atoms with Crippen LogP contribution < -0.4 is 5.32 Å². The summed E-state index contributed by atoms with van der Waals surface area (Å²) >= 11 is 9.16. The summed E-state index contributed by atoms with van der Waals surface area (Å²) in [5.74, 6) is 1.17. The van der Waals surface area contributed by atoms with E-state index in [-0.39, 0.29) is 12.5 Å². The highest BCUT2D eigenvalue weighted by atomic mass is 79.9. The quantitative estimate of drug-likeness (QED) is 0.512. The highest BCUT2D eigenvalue weighted by molar-refractivity contribution is 9.10.